The number of ether oxygens (including phenoxy) is 6. The van der Waals surface area contributed by atoms with Crippen molar-refractivity contribution in [1.82, 2.24) is 14.8 Å². The Kier molecular flexibility index (Phi) is 16.8. The monoisotopic (exact) mass is 808 g/mol. The van der Waals surface area contributed by atoms with Crippen LogP contribution in [0, 0.1) is 0 Å². The molecule has 13 heteroatoms. The fraction of sp³-hybridized carbons (Fsp3) is 0.356. The highest BCUT2D eigenvalue weighted by Crippen LogP contribution is 2.33. The first-order chi connectivity index (χ1) is 28.5. The summed E-state index contributed by atoms with van der Waals surface area (Å²) in [7, 11) is 3.24. The van der Waals surface area contributed by atoms with Crippen molar-refractivity contribution >= 4 is 28.4 Å². The lowest BCUT2D eigenvalue weighted by molar-refractivity contribution is -0.192. The fourth-order valence-electron chi connectivity index (χ4n) is 7.08. The lowest BCUT2D eigenvalue weighted by atomic mass is 9.90. The average Bonchev–Trinajstić information content (AvgIpc) is 3.76. The third-order valence-electron chi connectivity index (χ3n) is 9.89. The molecule has 0 radical (unpaired) electrons. The molecule has 1 aliphatic rings. The molecule has 1 saturated heterocycles. The van der Waals surface area contributed by atoms with Gasteiger partial charge in [-0.05, 0) is 47.2 Å². The minimum atomic E-state index is -0.705. The smallest absolute Gasteiger partial charge is 0.321 e. The van der Waals surface area contributed by atoms with Gasteiger partial charge in [0.2, 0.25) is 0 Å². The van der Waals surface area contributed by atoms with Crippen LogP contribution in [0.4, 0.5) is 9.93 Å². The molecular weight excluding hydrogens is 757 g/mol. The number of thiazole rings is 1. The van der Waals surface area contributed by atoms with E-state index < -0.39 is 24.3 Å². The quantitative estimate of drug-likeness (QED) is 0.0579. The molecule has 1 aromatic heterocycles. The van der Waals surface area contributed by atoms with Gasteiger partial charge in [0.25, 0.3) is 5.91 Å². The Labute approximate surface area is 344 Å². The Balaban J connectivity index is 1.47. The highest BCUT2D eigenvalue weighted by atomic mass is 32.1. The minimum Gasteiger partial charge on any atom is -0.382 e. The average molecular weight is 809 g/mol. The summed E-state index contributed by atoms with van der Waals surface area (Å²) in [4.78, 5) is 37.1. The van der Waals surface area contributed by atoms with E-state index >= 15 is 4.79 Å². The summed E-state index contributed by atoms with van der Waals surface area (Å²) < 4.78 is 36.0. The number of methoxy groups -OCH3 is 2. The van der Waals surface area contributed by atoms with Gasteiger partial charge in [0, 0.05) is 44.4 Å². The summed E-state index contributed by atoms with van der Waals surface area (Å²) in [6.45, 7) is 1.83. The standard InChI is InChI=1S/C45H52N4O8S/c1-52-22-24-54-32-56-41-39(28-34-13-6-3-7-14-34)48(30-36-17-10-5-11-18-36)45(51)49(31-37-19-12-20-38(27-37)43(50)47-44-46-21-26-58-44)40(29-35-15-8-4-9-16-35)42(41)57-33-55-25-23-53-2/h3-21,26-27,39-42H,22-25,28-33H2,1-2H3,(H,46,47,50)/t39-,40-,41+,42+/m1/s1. The number of hydrogen-bond acceptors (Lipinski definition) is 10. The Morgan fingerprint density at radius 2 is 1.16 bits per heavy atom. The number of aromatic nitrogens is 1. The van der Waals surface area contributed by atoms with Crippen LogP contribution in [-0.4, -0.2) is 105 Å². The van der Waals surface area contributed by atoms with E-state index in [2.05, 4.69) is 34.6 Å². The predicted octanol–water partition coefficient (Wildman–Crippen LogP) is 7.07. The molecule has 0 spiro atoms. The van der Waals surface area contributed by atoms with Gasteiger partial charge in [0.15, 0.2) is 5.13 Å². The van der Waals surface area contributed by atoms with Crippen LogP contribution in [0.15, 0.2) is 127 Å². The molecule has 1 fully saturated rings. The summed E-state index contributed by atoms with van der Waals surface area (Å²) in [6.07, 6.45) is 1.18. The maximum atomic E-state index is 15.7. The summed E-state index contributed by atoms with van der Waals surface area (Å²) in [5.41, 5.74) is 4.24. The van der Waals surface area contributed by atoms with Crippen LogP contribution in [0.3, 0.4) is 0 Å². The molecule has 5 aromatic rings. The van der Waals surface area contributed by atoms with E-state index in [1.54, 1.807) is 31.9 Å². The van der Waals surface area contributed by atoms with Crippen molar-refractivity contribution < 1.29 is 38.0 Å². The molecule has 0 bridgehead atoms. The second-order valence-corrected chi connectivity index (χ2v) is 14.7. The van der Waals surface area contributed by atoms with Gasteiger partial charge in [-0.3, -0.25) is 10.1 Å². The number of hydrogen-bond donors (Lipinski definition) is 1. The van der Waals surface area contributed by atoms with Gasteiger partial charge in [-0.1, -0.05) is 103 Å². The van der Waals surface area contributed by atoms with Crippen LogP contribution in [0.25, 0.3) is 0 Å². The number of urea groups is 1. The summed E-state index contributed by atoms with van der Waals surface area (Å²) in [6, 6.07) is 36.2. The molecule has 12 nitrogen and oxygen atoms in total. The van der Waals surface area contributed by atoms with Gasteiger partial charge in [-0.15, -0.1) is 11.3 Å². The first-order valence-corrected chi connectivity index (χ1v) is 20.3. The molecule has 58 heavy (non-hydrogen) atoms. The maximum absolute atomic E-state index is 15.7. The van der Waals surface area contributed by atoms with E-state index in [0.29, 0.717) is 56.5 Å². The molecule has 0 saturated carbocycles. The highest BCUT2D eigenvalue weighted by molar-refractivity contribution is 7.13. The molecule has 0 unspecified atom stereocenters. The lowest BCUT2D eigenvalue weighted by Gasteiger charge is -2.38. The van der Waals surface area contributed by atoms with E-state index in [4.69, 9.17) is 28.4 Å². The number of nitrogens with one attached hydrogen (secondary N) is 1. The Morgan fingerprint density at radius 1 is 0.655 bits per heavy atom. The Morgan fingerprint density at radius 3 is 1.66 bits per heavy atom. The van der Waals surface area contributed by atoms with Crippen molar-refractivity contribution in [3.05, 3.63) is 155 Å². The third-order valence-corrected chi connectivity index (χ3v) is 10.6. The van der Waals surface area contributed by atoms with Crippen molar-refractivity contribution in [3.63, 3.8) is 0 Å². The number of anilines is 1. The number of carbonyl (C=O) groups is 2. The van der Waals surface area contributed by atoms with Gasteiger partial charge in [-0.25, -0.2) is 9.78 Å². The van der Waals surface area contributed by atoms with E-state index in [1.807, 2.05) is 94.7 Å². The Bertz CT molecular complexity index is 1940. The van der Waals surface area contributed by atoms with Crippen molar-refractivity contribution in [2.45, 2.75) is 50.2 Å². The van der Waals surface area contributed by atoms with Crippen molar-refractivity contribution in [3.8, 4) is 0 Å². The maximum Gasteiger partial charge on any atom is 0.321 e. The molecule has 306 valence electrons. The second kappa shape index (κ2) is 22.8. The molecule has 0 aliphatic carbocycles. The number of nitrogens with zero attached hydrogens (tertiary/aromatic N) is 3. The van der Waals surface area contributed by atoms with Gasteiger partial charge in [0.05, 0.1) is 38.5 Å². The first kappa shape index (κ1) is 42.6. The largest absolute Gasteiger partial charge is 0.382 e. The van der Waals surface area contributed by atoms with Crippen molar-refractivity contribution in [2.24, 2.45) is 0 Å². The van der Waals surface area contributed by atoms with E-state index in [1.165, 1.54) is 11.3 Å². The number of rotatable bonds is 22. The molecule has 4 aromatic carbocycles. The van der Waals surface area contributed by atoms with E-state index in [9.17, 15) is 4.79 Å². The van der Waals surface area contributed by atoms with Gasteiger partial charge >= 0.3 is 6.03 Å². The normalized spacial score (nSPS) is 18.3. The topological polar surface area (TPSA) is 121 Å². The molecule has 6 rings (SSSR count). The molecule has 4 atom stereocenters. The zero-order chi connectivity index (χ0) is 40.4. The molecule has 1 aliphatic heterocycles. The fourth-order valence-corrected chi connectivity index (χ4v) is 7.61. The summed E-state index contributed by atoms with van der Waals surface area (Å²) in [5.74, 6) is -0.287. The van der Waals surface area contributed by atoms with Crippen molar-refractivity contribution in [2.75, 3.05) is 59.5 Å². The number of carbonyl (C=O) groups excluding carboxylic acids is 2. The zero-order valence-corrected chi connectivity index (χ0v) is 33.8. The van der Waals surface area contributed by atoms with Gasteiger partial charge < -0.3 is 38.2 Å². The van der Waals surface area contributed by atoms with Crippen LogP contribution >= 0.6 is 11.3 Å². The number of amides is 3. The van der Waals surface area contributed by atoms with Crippen LogP contribution < -0.4 is 5.32 Å². The third kappa shape index (κ3) is 12.3. The second-order valence-electron chi connectivity index (χ2n) is 13.8. The van der Waals surface area contributed by atoms with Crippen LogP contribution in [0.5, 0.6) is 0 Å². The molecule has 2 heterocycles. The SMILES string of the molecule is COCCOCO[C@@H]1[C@@H](OCOCCOC)[C@@H](Cc2ccccc2)N(Cc2cccc(C(=O)Nc3nccs3)c2)C(=O)N(Cc2ccccc2)[C@@H]1Cc1ccccc1. The molecule has 1 N–H and O–H groups in total. The van der Waals surface area contributed by atoms with E-state index in [0.717, 1.165) is 22.3 Å². The Hall–Kier alpha value is -4.99. The molecular formula is C45H52N4O8S. The van der Waals surface area contributed by atoms with Crippen LogP contribution in [-0.2, 0) is 54.4 Å². The van der Waals surface area contributed by atoms with E-state index in [-0.39, 0.29) is 32.1 Å². The number of benzene rings is 4. The highest BCUT2D eigenvalue weighted by Gasteiger charge is 2.49. The van der Waals surface area contributed by atoms with Crippen LogP contribution in [0.1, 0.15) is 32.6 Å². The lowest BCUT2D eigenvalue weighted by Crippen LogP contribution is -2.53. The first-order valence-electron chi connectivity index (χ1n) is 19.4. The predicted molar refractivity (Wildman–Crippen MR) is 222 cm³/mol. The molecule has 3 amide bonds. The van der Waals surface area contributed by atoms with Crippen LogP contribution in [0.2, 0.25) is 0 Å². The van der Waals surface area contributed by atoms with Crippen molar-refractivity contribution in [1.29, 1.82) is 0 Å². The van der Waals surface area contributed by atoms with Gasteiger partial charge in [0.1, 0.15) is 25.8 Å². The van der Waals surface area contributed by atoms with Gasteiger partial charge in [-0.2, -0.15) is 0 Å². The summed E-state index contributed by atoms with van der Waals surface area (Å²) in [5, 5.41) is 5.19. The summed E-state index contributed by atoms with van der Waals surface area (Å²) >= 11 is 1.34. The minimum absolute atomic E-state index is 0.0502. The zero-order valence-electron chi connectivity index (χ0n) is 33.0.